The average Bonchev–Trinajstić information content (AvgIpc) is 1.85. The van der Waals surface area contributed by atoms with E-state index in [1.54, 1.807) is 0 Å². The molecule has 0 aliphatic rings. The number of esters is 1. The van der Waals surface area contributed by atoms with E-state index in [-0.39, 0.29) is 0 Å². The molecule has 0 spiro atoms. The molecule has 0 heterocycles. The Hall–Kier alpha value is -1.02. The summed E-state index contributed by atoms with van der Waals surface area (Å²) in [6, 6.07) is 0. The van der Waals surface area contributed by atoms with Crippen molar-refractivity contribution in [1.29, 1.82) is 0 Å². The molecule has 0 aromatic carbocycles. The highest BCUT2D eigenvalue weighted by atomic mass is 32.2. The first-order valence-electron chi connectivity index (χ1n) is 2.40. The highest BCUT2D eigenvalue weighted by Gasteiger charge is 2.54. The van der Waals surface area contributed by atoms with E-state index in [4.69, 9.17) is 4.55 Å². The first-order valence-corrected chi connectivity index (χ1v) is 3.84. The van der Waals surface area contributed by atoms with Crippen LogP contribution in [0.15, 0.2) is 12.8 Å². The second-order valence-corrected chi connectivity index (χ2v) is 3.03. The van der Waals surface area contributed by atoms with Gasteiger partial charge in [-0.1, -0.05) is 6.58 Å². The fourth-order valence-electron chi connectivity index (χ4n) is 0.250. The van der Waals surface area contributed by atoms with Gasteiger partial charge in [-0.25, -0.2) is 4.79 Å². The van der Waals surface area contributed by atoms with Gasteiger partial charge in [0, 0.05) is 0 Å². The summed E-state index contributed by atoms with van der Waals surface area (Å²) in [7, 11) is -5.78. The largest absolute Gasteiger partial charge is 0.466 e. The van der Waals surface area contributed by atoms with Gasteiger partial charge < -0.3 is 4.74 Å². The zero-order valence-corrected chi connectivity index (χ0v) is 6.35. The third-order valence-corrected chi connectivity index (χ3v) is 1.57. The average molecular weight is 202 g/mol. The summed E-state index contributed by atoms with van der Waals surface area (Å²) >= 11 is 0. The third-order valence-electron chi connectivity index (χ3n) is 0.752. The maximum absolute atomic E-state index is 12.2. The molecule has 0 aromatic heterocycles. The van der Waals surface area contributed by atoms with Crippen LogP contribution in [0.2, 0.25) is 0 Å². The number of ether oxygens (including phenoxy) is 1. The van der Waals surface area contributed by atoms with Gasteiger partial charge in [-0.15, -0.1) is 0 Å². The van der Waals surface area contributed by atoms with E-state index in [1.807, 2.05) is 0 Å². The molecule has 0 atom stereocenters. The monoisotopic (exact) mass is 202 g/mol. The molecule has 70 valence electrons. The van der Waals surface area contributed by atoms with Crippen molar-refractivity contribution in [3.05, 3.63) is 12.8 Å². The van der Waals surface area contributed by atoms with Crippen molar-refractivity contribution in [1.82, 2.24) is 0 Å². The fourth-order valence-corrected chi connectivity index (χ4v) is 0.508. The fraction of sp³-hybridized carbons (Fsp3) is 0.250. The summed E-state index contributed by atoms with van der Waals surface area (Å²) in [5.41, 5.74) is 0. The van der Waals surface area contributed by atoms with Gasteiger partial charge in [0.1, 0.15) is 0 Å². The summed E-state index contributed by atoms with van der Waals surface area (Å²) in [6.07, 6.45) is 0.321. The minimum absolute atomic E-state index is 0.321. The number of rotatable bonds is 3. The minimum atomic E-state index is -5.78. The number of hydrogen-bond donors (Lipinski definition) is 1. The molecule has 0 saturated carbocycles. The third kappa shape index (κ3) is 1.98. The van der Waals surface area contributed by atoms with Gasteiger partial charge in [-0.05, 0) is 0 Å². The Labute approximate surface area is 66.4 Å². The lowest BCUT2D eigenvalue weighted by atomic mass is 10.7. The molecule has 0 aliphatic carbocycles. The Morgan fingerprint density at radius 3 is 2.25 bits per heavy atom. The predicted molar refractivity (Wildman–Crippen MR) is 32.8 cm³/mol. The quantitative estimate of drug-likeness (QED) is 0.400. The van der Waals surface area contributed by atoms with Gasteiger partial charge in [-0.2, -0.15) is 17.2 Å². The molecule has 5 nitrogen and oxygen atoms in total. The van der Waals surface area contributed by atoms with Crippen LogP contribution in [0.25, 0.3) is 0 Å². The van der Waals surface area contributed by atoms with Crippen LogP contribution < -0.4 is 0 Å². The van der Waals surface area contributed by atoms with Gasteiger partial charge in [-0.3, -0.25) is 4.55 Å². The lowest BCUT2D eigenvalue weighted by Gasteiger charge is -2.08. The van der Waals surface area contributed by atoms with Crippen LogP contribution in [0.4, 0.5) is 8.78 Å². The van der Waals surface area contributed by atoms with Crippen molar-refractivity contribution in [3.63, 3.8) is 0 Å². The van der Waals surface area contributed by atoms with E-state index < -0.39 is 21.3 Å². The van der Waals surface area contributed by atoms with Gasteiger partial charge in [0.05, 0.1) is 6.26 Å². The van der Waals surface area contributed by atoms with Crippen LogP contribution in [-0.2, 0) is 19.6 Å². The molecule has 0 rings (SSSR count). The maximum atomic E-state index is 12.2. The normalized spacial score (nSPS) is 12.2. The lowest BCUT2D eigenvalue weighted by Crippen LogP contribution is -2.38. The minimum Gasteiger partial charge on any atom is -0.430 e. The molecule has 0 aliphatic heterocycles. The van der Waals surface area contributed by atoms with Gasteiger partial charge >= 0.3 is 21.3 Å². The SMILES string of the molecule is C=COC(=O)C(F)(F)S(=O)(=O)O. The van der Waals surface area contributed by atoms with Gasteiger partial charge in [0.15, 0.2) is 0 Å². The van der Waals surface area contributed by atoms with Gasteiger partial charge in [0.2, 0.25) is 0 Å². The number of alkyl halides is 2. The molecule has 0 saturated heterocycles. The molecule has 0 amide bonds. The van der Waals surface area contributed by atoms with Crippen molar-refractivity contribution < 1.29 is 31.3 Å². The van der Waals surface area contributed by atoms with E-state index in [2.05, 4.69) is 11.3 Å². The number of halogens is 2. The summed E-state index contributed by atoms with van der Waals surface area (Å²) in [5.74, 6) is -2.40. The first-order chi connectivity index (χ1) is 5.23. The Morgan fingerprint density at radius 1 is 1.58 bits per heavy atom. The Morgan fingerprint density at radius 2 is 2.00 bits per heavy atom. The Bertz CT molecular complexity index is 293. The Kier molecular flexibility index (Phi) is 2.88. The van der Waals surface area contributed by atoms with Crippen LogP contribution >= 0.6 is 0 Å². The maximum Gasteiger partial charge on any atom is 0.466 e. The smallest absolute Gasteiger partial charge is 0.430 e. The summed E-state index contributed by atoms with van der Waals surface area (Å²) < 4.78 is 55.3. The molecular weight excluding hydrogens is 198 g/mol. The predicted octanol–water partition coefficient (Wildman–Crippen LogP) is 0.154. The van der Waals surface area contributed by atoms with E-state index in [1.165, 1.54) is 0 Å². The molecule has 0 unspecified atom stereocenters. The second kappa shape index (κ2) is 3.15. The number of hydrogen-bond acceptors (Lipinski definition) is 4. The van der Waals surface area contributed by atoms with E-state index >= 15 is 0 Å². The number of carbonyl (C=O) groups is 1. The molecule has 0 aromatic rings. The van der Waals surface area contributed by atoms with Crippen molar-refractivity contribution in [2.45, 2.75) is 5.25 Å². The van der Waals surface area contributed by atoms with Crippen molar-refractivity contribution in [2.24, 2.45) is 0 Å². The van der Waals surface area contributed by atoms with Crippen LogP contribution in [0.1, 0.15) is 0 Å². The molecule has 0 radical (unpaired) electrons. The molecule has 0 fully saturated rings. The van der Waals surface area contributed by atoms with E-state index in [0.29, 0.717) is 6.26 Å². The first kappa shape index (κ1) is 11.0. The zero-order chi connectivity index (χ0) is 9.99. The molecule has 0 bridgehead atoms. The van der Waals surface area contributed by atoms with Crippen molar-refractivity contribution in [3.8, 4) is 0 Å². The van der Waals surface area contributed by atoms with Crippen molar-refractivity contribution >= 4 is 16.1 Å². The van der Waals surface area contributed by atoms with E-state index in [9.17, 15) is 22.0 Å². The van der Waals surface area contributed by atoms with Gasteiger partial charge in [0.25, 0.3) is 0 Å². The summed E-state index contributed by atoms with van der Waals surface area (Å²) in [4.78, 5) is 10.1. The van der Waals surface area contributed by atoms with Crippen LogP contribution in [-0.4, -0.2) is 24.2 Å². The van der Waals surface area contributed by atoms with Crippen LogP contribution in [0.5, 0.6) is 0 Å². The van der Waals surface area contributed by atoms with E-state index in [0.717, 1.165) is 0 Å². The molecular formula is C4H4F2O5S. The number of carbonyl (C=O) groups excluding carboxylic acids is 1. The molecule has 1 N–H and O–H groups in total. The summed E-state index contributed by atoms with van der Waals surface area (Å²) in [6.45, 7) is 2.74. The molecule has 8 heteroatoms. The van der Waals surface area contributed by atoms with Crippen molar-refractivity contribution in [2.75, 3.05) is 0 Å². The molecule has 12 heavy (non-hydrogen) atoms. The second-order valence-electron chi connectivity index (χ2n) is 1.56. The lowest BCUT2D eigenvalue weighted by molar-refractivity contribution is -0.155. The van der Waals surface area contributed by atoms with Crippen LogP contribution in [0, 0.1) is 0 Å². The topological polar surface area (TPSA) is 80.7 Å². The Balaban J connectivity index is 4.86. The highest BCUT2D eigenvalue weighted by molar-refractivity contribution is 7.87. The zero-order valence-electron chi connectivity index (χ0n) is 5.53. The van der Waals surface area contributed by atoms with Crippen LogP contribution in [0.3, 0.4) is 0 Å². The standard InChI is InChI=1S/C4H4F2O5S/c1-2-11-3(7)4(5,6)12(8,9)10/h2H,1H2,(H,8,9,10). The highest BCUT2D eigenvalue weighted by Crippen LogP contribution is 2.21. The summed E-state index contributed by atoms with van der Waals surface area (Å²) in [5, 5.41) is -4.96.